The van der Waals surface area contributed by atoms with Gasteiger partial charge in [-0.15, -0.1) is 0 Å². The molecular weight excluding hydrogens is 330 g/mol. The van der Waals surface area contributed by atoms with Crippen LogP contribution in [0.2, 0.25) is 0 Å². The van der Waals surface area contributed by atoms with Crippen molar-refractivity contribution in [1.29, 1.82) is 0 Å². The highest BCUT2D eigenvalue weighted by molar-refractivity contribution is 5.79. The van der Waals surface area contributed by atoms with E-state index in [1.807, 2.05) is 12.1 Å². The van der Waals surface area contributed by atoms with Gasteiger partial charge in [-0.05, 0) is 50.2 Å². The molecule has 0 bridgehead atoms. The van der Waals surface area contributed by atoms with E-state index in [0.717, 1.165) is 44.2 Å². The Hall–Kier alpha value is -1.53. The van der Waals surface area contributed by atoms with E-state index in [1.165, 1.54) is 32.1 Å². The minimum Gasteiger partial charge on any atom is -0.467 e. The first-order valence-electron chi connectivity index (χ1n) is 10.0. The molecule has 3 N–H and O–H groups in total. The number of nitrogens with one attached hydrogen (secondary N) is 2. The van der Waals surface area contributed by atoms with Crippen molar-refractivity contribution in [2.45, 2.75) is 58.5 Å². The number of ether oxygens (including phenoxy) is 1. The summed E-state index contributed by atoms with van der Waals surface area (Å²) in [5.41, 5.74) is 0.182. The first-order chi connectivity index (χ1) is 12.8. The molecule has 0 saturated heterocycles. The third-order valence-corrected chi connectivity index (χ3v) is 5.06. The van der Waals surface area contributed by atoms with Gasteiger partial charge in [-0.3, -0.25) is 4.99 Å². The van der Waals surface area contributed by atoms with Crippen LogP contribution in [0.25, 0.3) is 0 Å². The molecule has 0 unspecified atom stereocenters. The van der Waals surface area contributed by atoms with Crippen molar-refractivity contribution in [3.8, 4) is 0 Å². The Kier molecular flexibility index (Phi) is 9.56. The number of aliphatic imine (C=N–C) groups is 1. The van der Waals surface area contributed by atoms with Crippen molar-refractivity contribution >= 4 is 5.96 Å². The monoisotopic (exact) mass is 365 g/mol. The molecule has 1 aliphatic carbocycles. The fourth-order valence-corrected chi connectivity index (χ4v) is 3.56. The number of nitrogens with zero attached hydrogens (tertiary/aromatic N) is 1. The van der Waals surface area contributed by atoms with Crippen LogP contribution in [0.4, 0.5) is 0 Å². The third kappa shape index (κ3) is 7.38. The normalized spacial score (nSPS) is 17.2. The minimum atomic E-state index is 0.182. The summed E-state index contributed by atoms with van der Waals surface area (Å²) in [5, 5.41) is 16.1. The Morgan fingerprint density at radius 2 is 2.15 bits per heavy atom. The van der Waals surface area contributed by atoms with Crippen molar-refractivity contribution in [1.82, 2.24) is 10.6 Å². The summed E-state index contributed by atoms with van der Waals surface area (Å²) >= 11 is 0. The average molecular weight is 366 g/mol. The molecule has 1 aromatic heterocycles. The quantitative estimate of drug-likeness (QED) is 0.319. The van der Waals surface area contributed by atoms with Crippen LogP contribution in [0.5, 0.6) is 0 Å². The molecule has 0 atom stereocenters. The van der Waals surface area contributed by atoms with E-state index in [-0.39, 0.29) is 12.0 Å². The first-order valence-corrected chi connectivity index (χ1v) is 10.0. The Balaban J connectivity index is 1.71. The Labute approximate surface area is 157 Å². The van der Waals surface area contributed by atoms with E-state index < -0.39 is 0 Å². The molecule has 1 heterocycles. The van der Waals surface area contributed by atoms with Crippen LogP contribution in [-0.4, -0.2) is 43.9 Å². The Morgan fingerprint density at radius 3 is 2.85 bits per heavy atom. The number of rotatable bonds is 11. The second-order valence-electron chi connectivity index (χ2n) is 7.14. The van der Waals surface area contributed by atoms with Crippen molar-refractivity contribution in [2.24, 2.45) is 10.4 Å². The summed E-state index contributed by atoms with van der Waals surface area (Å²) in [6.07, 6.45) is 9.61. The number of guanidine groups is 1. The summed E-state index contributed by atoms with van der Waals surface area (Å²) in [7, 11) is 0. The molecule has 1 saturated carbocycles. The maximum Gasteiger partial charge on any atom is 0.191 e. The van der Waals surface area contributed by atoms with E-state index in [9.17, 15) is 5.11 Å². The van der Waals surface area contributed by atoms with Gasteiger partial charge in [0.05, 0.1) is 6.26 Å². The van der Waals surface area contributed by atoms with Crippen LogP contribution in [0, 0.1) is 5.41 Å². The molecule has 26 heavy (non-hydrogen) atoms. The van der Waals surface area contributed by atoms with Gasteiger partial charge in [0.25, 0.3) is 0 Å². The topological polar surface area (TPSA) is 79.0 Å². The molecule has 148 valence electrons. The molecule has 2 rings (SSSR count). The third-order valence-electron chi connectivity index (χ3n) is 5.06. The summed E-state index contributed by atoms with van der Waals surface area (Å²) in [6.45, 7) is 5.98. The molecule has 1 fully saturated rings. The van der Waals surface area contributed by atoms with Crippen LogP contribution in [0.3, 0.4) is 0 Å². The maximum absolute atomic E-state index is 9.44. The van der Waals surface area contributed by atoms with Crippen molar-refractivity contribution in [3.63, 3.8) is 0 Å². The standard InChI is InChI=1S/C20H35N3O3/c1-2-21-19(22-12-7-14-25-16-18-8-6-15-26-18)23-17-20(11-13-24)9-4-3-5-10-20/h6,8,15,24H,2-5,7,9-14,16-17H2,1H3,(H2,21,22,23). The largest absolute Gasteiger partial charge is 0.467 e. The van der Waals surface area contributed by atoms with Gasteiger partial charge in [0, 0.05) is 32.8 Å². The van der Waals surface area contributed by atoms with Gasteiger partial charge in [0.1, 0.15) is 12.4 Å². The molecule has 0 amide bonds. The van der Waals surface area contributed by atoms with Crippen LogP contribution < -0.4 is 10.6 Å². The van der Waals surface area contributed by atoms with Gasteiger partial charge in [-0.2, -0.15) is 0 Å². The lowest BCUT2D eigenvalue weighted by atomic mass is 9.72. The number of aliphatic hydroxyl groups excluding tert-OH is 1. The van der Waals surface area contributed by atoms with Crippen LogP contribution in [-0.2, 0) is 11.3 Å². The van der Waals surface area contributed by atoms with Crippen LogP contribution >= 0.6 is 0 Å². The SMILES string of the molecule is CCNC(=NCC1(CCO)CCCCC1)NCCCOCc1ccco1. The van der Waals surface area contributed by atoms with Gasteiger partial charge >= 0.3 is 0 Å². The lowest BCUT2D eigenvalue weighted by Gasteiger charge is -2.35. The number of hydrogen-bond donors (Lipinski definition) is 3. The number of furan rings is 1. The fourth-order valence-electron chi connectivity index (χ4n) is 3.56. The zero-order chi connectivity index (χ0) is 18.5. The highest BCUT2D eigenvalue weighted by Crippen LogP contribution is 2.39. The van der Waals surface area contributed by atoms with E-state index in [4.69, 9.17) is 14.1 Å². The molecule has 0 spiro atoms. The second-order valence-corrected chi connectivity index (χ2v) is 7.14. The minimum absolute atomic E-state index is 0.182. The molecule has 0 aliphatic heterocycles. The zero-order valence-corrected chi connectivity index (χ0v) is 16.1. The molecule has 0 radical (unpaired) electrons. The fraction of sp³-hybridized carbons (Fsp3) is 0.750. The summed E-state index contributed by atoms with van der Waals surface area (Å²) in [4.78, 5) is 4.81. The van der Waals surface area contributed by atoms with Gasteiger partial charge in [-0.25, -0.2) is 0 Å². The predicted molar refractivity (Wildman–Crippen MR) is 104 cm³/mol. The van der Waals surface area contributed by atoms with Gasteiger partial charge in [0.15, 0.2) is 5.96 Å². The predicted octanol–water partition coefficient (Wildman–Crippen LogP) is 3.07. The summed E-state index contributed by atoms with van der Waals surface area (Å²) in [5.74, 6) is 1.72. The Morgan fingerprint density at radius 1 is 1.31 bits per heavy atom. The average Bonchev–Trinajstić information content (AvgIpc) is 3.17. The number of hydrogen-bond acceptors (Lipinski definition) is 4. The van der Waals surface area contributed by atoms with Gasteiger partial charge in [-0.1, -0.05) is 19.3 Å². The van der Waals surface area contributed by atoms with E-state index in [1.54, 1.807) is 6.26 Å². The molecule has 1 aliphatic rings. The second kappa shape index (κ2) is 12.0. The van der Waals surface area contributed by atoms with E-state index in [0.29, 0.717) is 13.2 Å². The van der Waals surface area contributed by atoms with Crippen molar-refractivity contribution in [3.05, 3.63) is 24.2 Å². The lowest BCUT2D eigenvalue weighted by molar-refractivity contribution is 0.105. The smallest absolute Gasteiger partial charge is 0.191 e. The molecule has 6 nitrogen and oxygen atoms in total. The summed E-state index contributed by atoms with van der Waals surface area (Å²) in [6, 6.07) is 3.79. The Bertz CT molecular complexity index is 491. The van der Waals surface area contributed by atoms with Crippen LogP contribution in [0.1, 0.15) is 57.6 Å². The zero-order valence-electron chi connectivity index (χ0n) is 16.1. The van der Waals surface area contributed by atoms with E-state index >= 15 is 0 Å². The molecular formula is C20H35N3O3. The van der Waals surface area contributed by atoms with Crippen molar-refractivity contribution in [2.75, 3.05) is 32.8 Å². The first kappa shape index (κ1) is 20.8. The number of aliphatic hydroxyl groups is 1. The summed E-state index contributed by atoms with van der Waals surface area (Å²) < 4.78 is 10.8. The highest BCUT2D eigenvalue weighted by atomic mass is 16.5. The highest BCUT2D eigenvalue weighted by Gasteiger charge is 2.31. The maximum atomic E-state index is 9.44. The van der Waals surface area contributed by atoms with Gasteiger partial charge in [0.2, 0.25) is 0 Å². The molecule has 0 aromatic carbocycles. The molecule has 6 heteroatoms. The molecule has 1 aromatic rings. The van der Waals surface area contributed by atoms with Crippen LogP contribution in [0.15, 0.2) is 27.8 Å². The van der Waals surface area contributed by atoms with E-state index in [2.05, 4.69) is 17.6 Å². The lowest BCUT2D eigenvalue weighted by Crippen LogP contribution is -2.39. The van der Waals surface area contributed by atoms with Gasteiger partial charge < -0.3 is 24.9 Å². The van der Waals surface area contributed by atoms with Crippen molar-refractivity contribution < 1.29 is 14.3 Å².